The molecule has 0 fully saturated rings. The molecule has 1 amide bonds. The number of tetrazole rings is 1. The molecule has 0 aliphatic carbocycles. The first kappa shape index (κ1) is 15.3. The molecule has 0 unspecified atom stereocenters. The predicted octanol–water partition coefficient (Wildman–Crippen LogP) is 3.12. The zero-order chi connectivity index (χ0) is 16.4. The molecule has 0 atom stereocenters. The summed E-state index contributed by atoms with van der Waals surface area (Å²) in [5.74, 6) is -0.751. The van der Waals surface area contributed by atoms with Crippen LogP contribution < -0.4 is 5.32 Å². The summed E-state index contributed by atoms with van der Waals surface area (Å²) in [6.07, 6.45) is 1.47. The van der Waals surface area contributed by atoms with Crippen LogP contribution in [0.3, 0.4) is 0 Å². The van der Waals surface area contributed by atoms with Crippen molar-refractivity contribution in [1.29, 1.82) is 0 Å². The number of rotatable bonds is 3. The maximum Gasteiger partial charge on any atom is 0.256 e. The third-order valence-electron chi connectivity index (χ3n) is 3.26. The van der Waals surface area contributed by atoms with Crippen LogP contribution in [0.2, 0.25) is 0 Å². The lowest BCUT2D eigenvalue weighted by molar-refractivity contribution is 0.102. The predicted molar refractivity (Wildman–Crippen MR) is 85.9 cm³/mol. The SMILES string of the molecule is Cc1ccc(-n2cnnn2)cc1NC(=O)c1ccc(F)cc1Br. The third kappa shape index (κ3) is 3.26. The molecule has 0 radical (unpaired) electrons. The van der Waals surface area contributed by atoms with E-state index < -0.39 is 5.82 Å². The largest absolute Gasteiger partial charge is 0.322 e. The Labute approximate surface area is 139 Å². The van der Waals surface area contributed by atoms with E-state index in [1.165, 1.54) is 29.2 Å². The molecule has 2 aromatic carbocycles. The second kappa shape index (κ2) is 6.25. The number of hydrogen-bond donors (Lipinski definition) is 1. The minimum atomic E-state index is -0.412. The van der Waals surface area contributed by atoms with Gasteiger partial charge < -0.3 is 5.32 Å². The van der Waals surface area contributed by atoms with Gasteiger partial charge in [0.05, 0.1) is 11.3 Å². The van der Waals surface area contributed by atoms with Gasteiger partial charge in [0.15, 0.2) is 0 Å². The molecule has 1 N–H and O–H groups in total. The molecule has 6 nitrogen and oxygen atoms in total. The van der Waals surface area contributed by atoms with Crippen molar-refractivity contribution in [2.45, 2.75) is 6.92 Å². The Morgan fingerprint density at radius 2 is 2.09 bits per heavy atom. The van der Waals surface area contributed by atoms with Crippen molar-refractivity contribution in [3.8, 4) is 5.69 Å². The van der Waals surface area contributed by atoms with Crippen molar-refractivity contribution in [3.05, 3.63) is 64.1 Å². The molecule has 0 aliphatic rings. The number of carbonyl (C=O) groups excluding carboxylic acids is 1. The fraction of sp³-hybridized carbons (Fsp3) is 0.0667. The van der Waals surface area contributed by atoms with Crippen LogP contribution in [0.4, 0.5) is 10.1 Å². The van der Waals surface area contributed by atoms with E-state index in [1.807, 2.05) is 19.1 Å². The fourth-order valence-electron chi connectivity index (χ4n) is 2.03. The molecule has 0 saturated carbocycles. The van der Waals surface area contributed by atoms with Crippen LogP contribution in [0.25, 0.3) is 5.69 Å². The second-order valence-electron chi connectivity index (χ2n) is 4.83. The summed E-state index contributed by atoms with van der Waals surface area (Å²) in [6.45, 7) is 1.87. The lowest BCUT2D eigenvalue weighted by Crippen LogP contribution is -2.14. The Morgan fingerprint density at radius 3 is 2.78 bits per heavy atom. The summed E-state index contributed by atoms with van der Waals surface area (Å²) < 4.78 is 15.0. The number of hydrogen-bond acceptors (Lipinski definition) is 4. The van der Waals surface area contributed by atoms with Crippen molar-refractivity contribution >= 4 is 27.5 Å². The van der Waals surface area contributed by atoms with Crippen molar-refractivity contribution in [2.75, 3.05) is 5.32 Å². The number of benzene rings is 2. The normalized spacial score (nSPS) is 10.6. The summed E-state index contributed by atoms with van der Waals surface area (Å²) >= 11 is 3.19. The first-order valence-corrected chi connectivity index (χ1v) is 7.44. The van der Waals surface area contributed by atoms with Gasteiger partial charge in [0.25, 0.3) is 5.91 Å². The van der Waals surface area contributed by atoms with Gasteiger partial charge in [0.1, 0.15) is 12.1 Å². The van der Waals surface area contributed by atoms with E-state index in [4.69, 9.17) is 0 Å². The van der Waals surface area contributed by atoms with Crippen LogP contribution >= 0.6 is 15.9 Å². The molecular formula is C15H11BrFN5O. The Balaban J connectivity index is 1.90. The van der Waals surface area contributed by atoms with Crippen LogP contribution in [0, 0.1) is 12.7 Å². The van der Waals surface area contributed by atoms with Gasteiger partial charge in [-0.25, -0.2) is 9.07 Å². The van der Waals surface area contributed by atoms with Crippen LogP contribution in [0.5, 0.6) is 0 Å². The zero-order valence-corrected chi connectivity index (χ0v) is 13.6. The highest BCUT2D eigenvalue weighted by Crippen LogP contribution is 2.22. The summed E-state index contributed by atoms with van der Waals surface area (Å²) in [5, 5.41) is 13.8. The zero-order valence-electron chi connectivity index (χ0n) is 12.0. The lowest BCUT2D eigenvalue weighted by Gasteiger charge is -2.11. The first-order valence-electron chi connectivity index (χ1n) is 6.65. The number of nitrogens with one attached hydrogen (secondary N) is 1. The number of amides is 1. The van der Waals surface area contributed by atoms with Crippen molar-refractivity contribution in [1.82, 2.24) is 20.2 Å². The Bertz CT molecular complexity index is 866. The van der Waals surface area contributed by atoms with Crippen molar-refractivity contribution < 1.29 is 9.18 Å². The highest BCUT2D eigenvalue weighted by molar-refractivity contribution is 9.10. The average molecular weight is 376 g/mol. The van der Waals surface area contributed by atoms with E-state index in [0.717, 1.165) is 5.56 Å². The second-order valence-corrected chi connectivity index (χ2v) is 5.69. The van der Waals surface area contributed by atoms with Crippen LogP contribution in [-0.2, 0) is 0 Å². The summed E-state index contributed by atoms with van der Waals surface area (Å²) in [4.78, 5) is 12.4. The molecule has 8 heteroatoms. The number of nitrogens with zero attached hydrogens (tertiary/aromatic N) is 4. The van der Waals surface area contributed by atoms with Gasteiger partial charge in [-0.2, -0.15) is 0 Å². The topological polar surface area (TPSA) is 72.7 Å². The summed E-state index contributed by atoms with van der Waals surface area (Å²) in [6, 6.07) is 9.38. The average Bonchev–Trinajstić information content (AvgIpc) is 3.03. The van der Waals surface area contributed by atoms with Crippen LogP contribution in [0.1, 0.15) is 15.9 Å². The molecule has 1 heterocycles. The quantitative estimate of drug-likeness (QED) is 0.763. The van der Waals surface area contributed by atoms with Crippen LogP contribution in [0.15, 0.2) is 47.2 Å². The first-order chi connectivity index (χ1) is 11.0. The van der Waals surface area contributed by atoms with E-state index in [1.54, 1.807) is 6.07 Å². The highest BCUT2D eigenvalue weighted by Gasteiger charge is 2.13. The minimum absolute atomic E-state index is 0.339. The van der Waals surface area contributed by atoms with Gasteiger partial charge in [0.2, 0.25) is 0 Å². The summed E-state index contributed by atoms with van der Waals surface area (Å²) in [7, 11) is 0. The molecule has 116 valence electrons. The van der Waals surface area contributed by atoms with Crippen LogP contribution in [-0.4, -0.2) is 26.1 Å². The number of anilines is 1. The smallest absolute Gasteiger partial charge is 0.256 e. The molecule has 3 rings (SSSR count). The Hall–Kier alpha value is -2.61. The number of aryl methyl sites for hydroxylation is 1. The van der Waals surface area contributed by atoms with E-state index in [9.17, 15) is 9.18 Å². The molecular weight excluding hydrogens is 365 g/mol. The fourth-order valence-corrected chi connectivity index (χ4v) is 2.56. The number of carbonyl (C=O) groups is 1. The highest BCUT2D eigenvalue weighted by atomic mass is 79.9. The molecule has 0 saturated heterocycles. The van der Waals surface area contributed by atoms with Gasteiger partial charge in [0, 0.05) is 10.2 Å². The summed E-state index contributed by atoms with van der Waals surface area (Å²) in [5.41, 5.74) is 2.57. The third-order valence-corrected chi connectivity index (χ3v) is 3.91. The van der Waals surface area contributed by atoms with E-state index in [2.05, 4.69) is 36.8 Å². The van der Waals surface area contributed by atoms with Gasteiger partial charge in [-0.05, 0) is 69.2 Å². The van der Waals surface area contributed by atoms with Gasteiger partial charge >= 0.3 is 0 Å². The molecule has 0 aliphatic heterocycles. The maximum atomic E-state index is 13.1. The standard InChI is InChI=1S/C15H11BrFN5O/c1-9-2-4-11(22-8-18-20-21-22)7-14(9)19-15(23)12-5-3-10(17)6-13(12)16/h2-8H,1H3,(H,19,23). The monoisotopic (exact) mass is 375 g/mol. The van der Waals surface area contributed by atoms with Crippen molar-refractivity contribution in [2.24, 2.45) is 0 Å². The number of aromatic nitrogens is 4. The Kier molecular flexibility index (Phi) is 4.16. The van der Waals surface area contributed by atoms with Gasteiger partial charge in [-0.15, -0.1) is 5.10 Å². The lowest BCUT2D eigenvalue weighted by atomic mass is 10.1. The molecule has 0 spiro atoms. The van der Waals surface area contributed by atoms with E-state index in [-0.39, 0.29) is 5.91 Å². The maximum absolute atomic E-state index is 13.1. The molecule has 23 heavy (non-hydrogen) atoms. The number of halogens is 2. The molecule has 1 aromatic heterocycles. The van der Waals surface area contributed by atoms with Gasteiger partial charge in [-0.3, -0.25) is 4.79 Å². The molecule has 3 aromatic rings. The van der Waals surface area contributed by atoms with Crippen molar-refractivity contribution in [3.63, 3.8) is 0 Å². The van der Waals surface area contributed by atoms with E-state index >= 15 is 0 Å². The Morgan fingerprint density at radius 1 is 1.26 bits per heavy atom. The minimum Gasteiger partial charge on any atom is -0.322 e. The van der Waals surface area contributed by atoms with E-state index in [0.29, 0.717) is 21.4 Å². The van der Waals surface area contributed by atoms with Gasteiger partial charge in [-0.1, -0.05) is 6.07 Å². The molecule has 0 bridgehead atoms.